The third-order valence-corrected chi connectivity index (χ3v) is 2.55. The number of nitrogens with two attached hydrogens (primary N) is 1. The monoisotopic (exact) mass is 218 g/mol. The molecule has 0 rings (SSSR count). The molecule has 0 fully saturated rings. The number of hydrogen-bond acceptors (Lipinski definition) is 3. The number of rotatable bonds is 8. The fraction of sp³-hybridized carbons (Fsp3) is 0.900. The Labute approximate surface area is 92.6 Å². The molecule has 0 heterocycles. The molecule has 0 aliphatic heterocycles. The Kier molecular flexibility index (Phi) is 8.04. The Morgan fingerprint density at radius 1 is 1.50 bits per heavy atom. The zero-order valence-electron chi connectivity index (χ0n) is 9.45. The highest BCUT2D eigenvalue weighted by molar-refractivity contribution is 7.80. The van der Waals surface area contributed by atoms with Crippen LogP contribution in [0.25, 0.3) is 0 Å². The number of unbranched alkanes of at least 4 members (excludes halogenated alkanes) is 1. The molecule has 4 heteroatoms. The maximum absolute atomic E-state index is 5.41. The van der Waals surface area contributed by atoms with E-state index in [1.165, 1.54) is 0 Å². The molecule has 3 nitrogen and oxygen atoms in total. The molecule has 0 spiro atoms. The Hall–Kier alpha value is -0.190. The van der Waals surface area contributed by atoms with Crippen molar-refractivity contribution in [2.75, 3.05) is 27.3 Å². The highest BCUT2D eigenvalue weighted by atomic mass is 32.1. The maximum Gasteiger partial charge on any atom is 0.0727 e. The average molecular weight is 218 g/mol. The topological polar surface area (TPSA) is 38.5 Å². The SMILES string of the molecule is COCC(C)N(C)CCCCC(N)=S. The van der Waals surface area contributed by atoms with Crippen molar-refractivity contribution in [1.29, 1.82) is 0 Å². The molecule has 0 saturated heterocycles. The molecule has 0 aliphatic carbocycles. The van der Waals surface area contributed by atoms with Gasteiger partial charge in [0.2, 0.25) is 0 Å². The van der Waals surface area contributed by atoms with Crippen LogP contribution in [0.1, 0.15) is 26.2 Å². The molecule has 0 aliphatic rings. The van der Waals surface area contributed by atoms with Gasteiger partial charge in [0.1, 0.15) is 0 Å². The van der Waals surface area contributed by atoms with E-state index < -0.39 is 0 Å². The van der Waals surface area contributed by atoms with Gasteiger partial charge in [-0.15, -0.1) is 0 Å². The second kappa shape index (κ2) is 8.15. The van der Waals surface area contributed by atoms with E-state index in [1.807, 2.05) is 0 Å². The van der Waals surface area contributed by atoms with Crippen LogP contribution in [0.2, 0.25) is 0 Å². The lowest BCUT2D eigenvalue weighted by Gasteiger charge is -2.23. The van der Waals surface area contributed by atoms with Gasteiger partial charge in [0, 0.05) is 13.2 Å². The van der Waals surface area contributed by atoms with Crippen LogP contribution in [-0.2, 0) is 4.74 Å². The minimum absolute atomic E-state index is 0.477. The predicted molar refractivity (Wildman–Crippen MR) is 64.6 cm³/mol. The van der Waals surface area contributed by atoms with Gasteiger partial charge in [0.15, 0.2) is 0 Å². The molecule has 0 aromatic rings. The average Bonchev–Trinajstić information content (AvgIpc) is 2.12. The number of nitrogens with zero attached hydrogens (tertiary/aromatic N) is 1. The summed E-state index contributed by atoms with van der Waals surface area (Å²) in [5, 5.41) is 0. The lowest BCUT2D eigenvalue weighted by molar-refractivity contribution is 0.114. The minimum atomic E-state index is 0.477. The van der Waals surface area contributed by atoms with Crippen LogP contribution >= 0.6 is 12.2 Å². The molecular formula is C10H22N2OS. The molecule has 0 amide bonds. The van der Waals surface area contributed by atoms with Crippen molar-refractivity contribution in [3.63, 3.8) is 0 Å². The summed E-state index contributed by atoms with van der Waals surface area (Å²) in [7, 11) is 3.85. The lowest BCUT2D eigenvalue weighted by Crippen LogP contribution is -2.33. The summed E-state index contributed by atoms with van der Waals surface area (Å²) in [6.07, 6.45) is 3.09. The number of likely N-dealkylation sites (N-methyl/N-ethyl adjacent to an activating group) is 1. The number of thiocarbonyl (C=S) groups is 1. The van der Waals surface area contributed by atoms with E-state index in [0.29, 0.717) is 11.0 Å². The van der Waals surface area contributed by atoms with Crippen LogP contribution in [0.3, 0.4) is 0 Å². The van der Waals surface area contributed by atoms with E-state index in [4.69, 9.17) is 22.7 Å². The fourth-order valence-electron chi connectivity index (χ4n) is 1.25. The van der Waals surface area contributed by atoms with Gasteiger partial charge in [0.05, 0.1) is 11.6 Å². The van der Waals surface area contributed by atoms with E-state index in [9.17, 15) is 0 Å². The third-order valence-electron chi connectivity index (χ3n) is 2.34. The Morgan fingerprint density at radius 2 is 2.14 bits per heavy atom. The molecule has 1 unspecified atom stereocenters. The first-order valence-electron chi connectivity index (χ1n) is 5.05. The van der Waals surface area contributed by atoms with E-state index >= 15 is 0 Å². The third kappa shape index (κ3) is 7.24. The summed E-state index contributed by atoms with van der Waals surface area (Å²) in [5.41, 5.74) is 5.41. The summed E-state index contributed by atoms with van der Waals surface area (Å²) in [6, 6.07) is 0.477. The molecule has 0 radical (unpaired) electrons. The molecule has 0 saturated carbocycles. The molecule has 0 bridgehead atoms. The van der Waals surface area contributed by atoms with Crippen molar-refractivity contribution in [1.82, 2.24) is 4.90 Å². The first kappa shape index (κ1) is 13.8. The van der Waals surface area contributed by atoms with Crippen molar-refractivity contribution in [2.24, 2.45) is 5.73 Å². The van der Waals surface area contributed by atoms with Gasteiger partial charge < -0.3 is 15.4 Å². The van der Waals surface area contributed by atoms with Crippen LogP contribution in [-0.4, -0.2) is 43.2 Å². The Balaban J connectivity index is 3.43. The van der Waals surface area contributed by atoms with Gasteiger partial charge in [-0.05, 0) is 39.8 Å². The van der Waals surface area contributed by atoms with Crippen LogP contribution in [0, 0.1) is 0 Å². The van der Waals surface area contributed by atoms with Gasteiger partial charge in [-0.3, -0.25) is 0 Å². The highest BCUT2D eigenvalue weighted by Gasteiger charge is 2.07. The first-order chi connectivity index (χ1) is 6.57. The molecule has 0 aromatic carbocycles. The summed E-state index contributed by atoms with van der Waals surface area (Å²) in [5.74, 6) is 0. The second-order valence-corrected chi connectivity index (χ2v) is 4.23. The zero-order valence-corrected chi connectivity index (χ0v) is 10.3. The molecule has 1 atom stereocenters. The number of ether oxygens (including phenoxy) is 1. The van der Waals surface area contributed by atoms with Gasteiger partial charge in [-0.1, -0.05) is 12.2 Å². The fourth-order valence-corrected chi connectivity index (χ4v) is 1.39. The molecular weight excluding hydrogens is 196 g/mol. The van der Waals surface area contributed by atoms with Gasteiger partial charge in [-0.2, -0.15) is 0 Å². The summed E-state index contributed by atoms with van der Waals surface area (Å²) >= 11 is 4.81. The minimum Gasteiger partial charge on any atom is -0.393 e. The lowest BCUT2D eigenvalue weighted by atomic mass is 10.2. The van der Waals surface area contributed by atoms with Crippen LogP contribution in [0.4, 0.5) is 0 Å². The Morgan fingerprint density at radius 3 is 2.64 bits per heavy atom. The van der Waals surface area contributed by atoms with E-state index in [2.05, 4.69) is 18.9 Å². The summed E-state index contributed by atoms with van der Waals surface area (Å²) in [6.45, 7) is 4.02. The quantitative estimate of drug-likeness (QED) is 0.494. The zero-order chi connectivity index (χ0) is 11.0. The van der Waals surface area contributed by atoms with Crippen LogP contribution in [0.15, 0.2) is 0 Å². The molecule has 14 heavy (non-hydrogen) atoms. The van der Waals surface area contributed by atoms with Crippen LogP contribution in [0.5, 0.6) is 0 Å². The highest BCUT2D eigenvalue weighted by Crippen LogP contribution is 2.01. The molecule has 0 aromatic heterocycles. The van der Waals surface area contributed by atoms with E-state index in [-0.39, 0.29) is 0 Å². The van der Waals surface area contributed by atoms with Gasteiger partial charge in [0.25, 0.3) is 0 Å². The summed E-state index contributed by atoms with van der Waals surface area (Å²) < 4.78 is 5.09. The van der Waals surface area contributed by atoms with Crippen molar-refractivity contribution in [3.8, 4) is 0 Å². The van der Waals surface area contributed by atoms with Gasteiger partial charge in [-0.25, -0.2) is 0 Å². The van der Waals surface area contributed by atoms with Crippen molar-refractivity contribution >= 4 is 17.2 Å². The van der Waals surface area contributed by atoms with E-state index in [1.54, 1.807) is 7.11 Å². The van der Waals surface area contributed by atoms with E-state index in [0.717, 1.165) is 32.4 Å². The van der Waals surface area contributed by atoms with Crippen LogP contribution < -0.4 is 5.73 Å². The normalized spacial score (nSPS) is 13.1. The first-order valence-corrected chi connectivity index (χ1v) is 5.46. The molecule has 2 N–H and O–H groups in total. The standard InChI is InChI=1S/C10H22N2OS/c1-9(8-13-3)12(2)7-5-4-6-10(11)14/h9H,4-8H2,1-3H3,(H2,11,14). The van der Waals surface area contributed by atoms with Crippen molar-refractivity contribution in [3.05, 3.63) is 0 Å². The number of methoxy groups -OCH3 is 1. The Bertz CT molecular complexity index is 164. The second-order valence-electron chi connectivity index (χ2n) is 3.71. The smallest absolute Gasteiger partial charge is 0.0727 e. The molecule has 84 valence electrons. The summed E-state index contributed by atoms with van der Waals surface area (Å²) in [4.78, 5) is 2.92. The number of hydrogen-bond donors (Lipinski definition) is 1. The largest absolute Gasteiger partial charge is 0.393 e. The van der Waals surface area contributed by atoms with Crippen molar-refractivity contribution in [2.45, 2.75) is 32.2 Å². The maximum atomic E-state index is 5.41. The van der Waals surface area contributed by atoms with Crippen molar-refractivity contribution < 1.29 is 4.74 Å². The predicted octanol–water partition coefficient (Wildman–Crippen LogP) is 1.41. The van der Waals surface area contributed by atoms with Gasteiger partial charge >= 0.3 is 0 Å².